The van der Waals surface area contributed by atoms with Crippen LogP contribution in [0.5, 0.6) is 0 Å². The first-order valence-electron chi connectivity index (χ1n) is 10.3. The Bertz CT molecular complexity index is 851. The fourth-order valence-electron chi connectivity index (χ4n) is 4.17. The molecule has 5 nitrogen and oxygen atoms in total. The summed E-state index contributed by atoms with van der Waals surface area (Å²) in [6.07, 6.45) is 5.38. The molecule has 0 saturated carbocycles. The van der Waals surface area contributed by atoms with Gasteiger partial charge < -0.3 is 10.2 Å². The van der Waals surface area contributed by atoms with Crippen LogP contribution in [0.3, 0.4) is 0 Å². The zero-order valence-corrected chi connectivity index (χ0v) is 17.7. The first-order valence-corrected chi connectivity index (χ1v) is 11.1. The number of rotatable bonds is 4. The molecule has 1 unspecified atom stereocenters. The average molecular weight is 387 g/mol. The van der Waals surface area contributed by atoms with Gasteiger partial charge >= 0.3 is 0 Å². The smallest absolute Gasteiger partial charge is 0.223 e. The third-order valence-electron chi connectivity index (χ3n) is 6.19. The predicted octanol–water partition coefficient (Wildman–Crippen LogP) is 3.87. The number of fused-ring (bicyclic) bond motifs is 3. The number of hydrogen-bond donors (Lipinski definition) is 1. The summed E-state index contributed by atoms with van der Waals surface area (Å²) >= 11 is 1.85. The van der Waals surface area contributed by atoms with Crippen molar-refractivity contribution < 1.29 is 4.79 Å². The standard InChI is InChI=1S/C21H30N4OS/c1-12(2)13(3)22-20(26)15-8-10-25(11-9-15)19-18-16-6-5-7-17(16)27-21(18)24-14(4)23-19/h12-13,15H,5-11H2,1-4H3,(H,22,26). The third kappa shape index (κ3) is 3.56. The lowest BCUT2D eigenvalue weighted by atomic mass is 9.94. The van der Waals surface area contributed by atoms with Crippen molar-refractivity contribution in [1.82, 2.24) is 15.3 Å². The van der Waals surface area contributed by atoms with Crippen LogP contribution in [0.2, 0.25) is 0 Å². The quantitative estimate of drug-likeness (QED) is 0.867. The fraction of sp³-hybridized carbons (Fsp3) is 0.667. The van der Waals surface area contributed by atoms with Crippen LogP contribution in [-0.2, 0) is 17.6 Å². The molecule has 0 aromatic carbocycles. The van der Waals surface area contributed by atoms with Crippen LogP contribution < -0.4 is 10.2 Å². The van der Waals surface area contributed by atoms with E-state index in [2.05, 4.69) is 31.0 Å². The normalized spacial score (nSPS) is 18.9. The summed E-state index contributed by atoms with van der Waals surface area (Å²) in [5, 5.41) is 4.48. The molecule has 0 radical (unpaired) electrons. The highest BCUT2D eigenvalue weighted by Gasteiger charge is 2.30. The van der Waals surface area contributed by atoms with E-state index >= 15 is 0 Å². The Labute approximate surface area is 165 Å². The summed E-state index contributed by atoms with van der Waals surface area (Å²) in [5.74, 6) is 2.76. The molecule has 1 fully saturated rings. The number of carbonyl (C=O) groups excluding carboxylic acids is 1. The van der Waals surface area contributed by atoms with E-state index in [4.69, 9.17) is 9.97 Å². The highest BCUT2D eigenvalue weighted by Crippen LogP contribution is 2.41. The monoisotopic (exact) mass is 386 g/mol. The fourth-order valence-corrected chi connectivity index (χ4v) is 5.47. The summed E-state index contributed by atoms with van der Waals surface area (Å²) in [7, 11) is 0. The molecule has 1 amide bonds. The van der Waals surface area contributed by atoms with E-state index in [1.807, 2.05) is 18.3 Å². The molecule has 27 heavy (non-hydrogen) atoms. The van der Waals surface area contributed by atoms with Crippen molar-refractivity contribution in [2.45, 2.75) is 65.8 Å². The van der Waals surface area contributed by atoms with Gasteiger partial charge in [0, 0.05) is 29.9 Å². The zero-order valence-electron chi connectivity index (χ0n) is 16.8. The lowest BCUT2D eigenvalue weighted by Crippen LogP contribution is -2.44. The number of thiophene rings is 1. The van der Waals surface area contributed by atoms with Crippen molar-refractivity contribution >= 4 is 33.3 Å². The SMILES string of the molecule is Cc1nc(N2CCC(C(=O)NC(C)C(C)C)CC2)c2c3c(sc2n1)CCC3. The summed E-state index contributed by atoms with van der Waals surface area (Å²) in [4.78, 5) is 27.2. The zero-order chi connectivity index (χ0) is 19.1. The van der Waals surface area contributed by atoms with Crippen LogP contribution in [0, 0.1) is 18.8 Å². The number of aromatic nitrogens is 2. The molecule has 3 heterocycles. The third-order valence-corrected chi connectivity index (χ3v) is 7.38. The molecule has 6 heteroatoms. The Kier molecular flexibility index (Phi) is 5.10. The lowest BCUT2D eigenvalue weighted by molar-refractivity contribution is -0.126. The van der Waals surface area contributed by atoms with Crippen LogP contribution in [-0.4, -0.2) is 35.0 Å². The molecule has 2 aromatic rings. The van der Waals surface area contributed by atoms with Gasteiger partial charge in [0.2, 0.25) is 5.91 Å². The number of amides is 1. The van der Waals surface area contributed by atoms with E-state index < -0.39 is 0 Å². The molecule has 1 atom stereocenters. The Morgan fingerprint density at radius 1 is 1.19 bits per heavy atom. The Morgan fingerprint density at radius 3 is 2.63 bits per heavy atom. The van der Waals surface area contributed by atoms with Crippen molar-refractivity contribution in [1.29, 1.82) is 0 Å². The number of nitrogens with one attached hydrogen (secondary N) is 1. The molecule has 1 aliphatic carbocycles. The largest absolute Gasteiger partial charge is 0.356 e. The van der Waals surface area contributed by atoms with Gasteiger partial charge in [0.05, 0.1) is 5.39 Å². The molecule has 2 aliphatic rings. The van der Waals surface area contributed by atoms with E-state index in [0.29, 0.717) is 5.92 Å². The lowest BCUT2D eigenvalue weighted by Gasteiger charge is -2.33. The van der Waals surface area contributed by atoms with E-state index in [-0.39, 0.29) is 17.9 Å². The van der Waals surface area contributed by atoms with Gasteiger partial charge in [-0.2, -0.15) is 0 Å². The molecule has 2 aromatic heterocycles. The second-order valence-electron chi connectivity index (χ2n) is 8.43. The molecular formula is C21H30N4OS. The molecule has 146 valence electrons. The summed E-state index contributed by atoms with van der Waals surface area (Å²) in [5.41, 5.74) is 1.48. The van der Waals surface area contributed by atoms with Gasteiger partial charge in [-0.15, -0.1) is 11.3 Å². The van der Waals surface area contributed by atoms with Gasteiger partial charge in [0.25, 0.3) is 0 Å². The molecule has 0 bridgehead atoms. The minimum absolute atomic E-state index is 0.120. The van der Waals surface area contributed by atoms with E-state index in [9.17, 15) is 4.79 Å². The molecule has 4 rings (SSSR count). The summed E-state index contributed by atoms with van der Waals surface area (Å²) in [6.45, 7) is 10.2. The maximum absolute atomic E-state index is 12.6. The van der Waals surface area contributed by atoms with Gasteiger partial charge in [0.1, 0.15) is 16.5 Å². The van der Waals surface area contributed by atoms with Crippen LogP contribution in [0.25, 0.3) is 10.2 Å². The predicted molar refractivity (Wildman–Crippen MR) is 112 cm³/mol. The van der Waals surface area contributed by atoms with Crippen LogP contribution in [0.4, 0.5) is 5.82 Å². The maximum atomic E-state index is 12.6. The number of anilines is 1. The minimum atomic E-state index is 0.120. The van der Waals surface area contributed by atoms with Crippen molar-refractivity contribution in [2.75, 3.05) is 18.0 Å². The highest BCUT2D eigenvalue weighted by atomic mass is 32.1. The van der Waals surface area contributed by atoms with Crippen molar-refractivity contribution in [3.63, 3.8) is 0 Å². The number of nitrogens with zero attached hydrogens (tertiary/aromatic N) is 3. The summed E-state index contributed by atoms with van der Waals surface area (Å²) in [6, 6.07) is 0.230. The van der Waals surface area contributed by atoms with Gasteiger partial charge in [-0.25, -0.2) is 9.97 Å². The van der Waals surface area contributed by atoms with Gasteiger partial charge in [-0.1, -0.05) is 13.8 Å². The van der Waals surface area contributed by atoms with Gasteiger partial charge in [-0.3, -0.25) is 4.79 Å². The van der Waals surface area contributed by atoms with Gasteiger partial charge in [0.15, 0.2) is 0 Å². The van der Waals surface area contributed by atoms with Crippen molar-refractivity contribution in [3.8, 4) is 0 Å². The van der Waals surface area contributed by atoms with Crippen LogP contribution in [0.15, 0.2) is 0 Å². The first-order chi connectivity index (χ1) is 12.9. The first kappa shape index (κ1) is 18.7. The van der Waals surface area contributed by atoms with E-state index in [1.54, 1.807) is 0 Å². The summed E-state index contributed by atoms with van der Waals surface area (Å²) < 4.78 is 0. The van der Waals surface area contributed by atoms with Crippen molar-refractivity contribution in [2.24, 2.45) is 11.8 Å². The van der Waals surface area contributed by atoms with Crippen LogP contribution >= 0.6 is 11.3 Å². The Morgan fingerprint density at radius 2 is 1.93 bits per heavy atom. The number of hydrogen-bond acceptors (Lipinski definition) is 5. The highest BCUT2D eigenvalue weighted by molar-refractivity contribution is 7.19. The molecule has 1 N–H and O–H groups in total. The van der Waals surface area contributed by atoms with Gasteiger partial charge in [-0.05, 0) is 57.4 Å². The molecule has 0 spiro atoms. The Hall–Kier alpha value is -1.69. The molecular weight excluding hydrogens is 356 g/mol. The second kappa shape index (κ2) is 7.38. The van der Waals surface area contributed by atoms with E-state index in [0.717, 1.165) is 48.8 Å². The molecule has 1 aliphatic heterocycles. The second-order valence-corrected chi connectivity index (χ2v) is 9.52. The topological polar surface area (TPSA) is 58.1 Å². The Balaban J connectivity index is 1.51. The maximum Gasteiger partial charge on any atom is 0.223 e. The number of aryl methyl sites for hydroxylation is 3. The molecule has 1 saturated heterocycles. The average Bonchev–Trinajstić information content (AvgIpc) is 3.21. The number of carbonyl (C=O) groups is 1. The minimum Gasteiger partial charge on any atom is -0.356 e. The number of piperidine rings is 1. The van der Waals surface area contributed by atoms with E-state index in [1.165, 1.54) is 28.7 Å². The van der Waals surface area contributed by atoms with Crippen LogP contribution in [0.1, 0.15) is 56.3 Å². The van der Waals surface area contributed by atoms with Crippen molar-refractivity contribution in [3.05, 3.63) is 16.3 Å².